The zero-order valence-corrected chi connectivity index (χ0v) is 19.0. The fraction of sp³-hybridized carbons (Fsp3) is 0.250. The van der Waals surface area contributed by atoms with Gasteiger partial charge in [0, 0.05) is 30.8 Å². The highest BCUT2D eigenvalue weighted by Crippen LogP contribution is 2.23. The molecule has 2 heterocycles. The first-order chi connectivity index (χ1) is 15.7. The zero-order valence-electron chi connectivity index (χ0n) is 18.2. The fourth-order valence-corrected chi connectivity index (χ4v) is 3.84. The van der Waals surface area contributed by atoms with Gasteiger partial charge in [0.05, 0.1) is 19.5 Å². The molecule has 1 aliphatic rings. The number of benzene rings is 2. The Morgan fingerprint density at radius 2 is 1.78 bits per heavy atom. The van der Waals surface area contributed by atoms with Gasteiger partial charge < -0.3 is 24.4 Å². The first kappa shape index (κ1) is 21.8. The number of aromatic nitrogens is 2. The summed E-state index contributed by atoms with van der Waals surface area (Å²) < 4.78 is 16.9. The number of hydrogen-bond donors (Lipinski definition) is 1. The Labute approximate surface area is 192 Å². The number of anilines is 1. The molecule has 166 valence electrons. The molecule has 0 amide bonds. The molecule has 0 atom stereocenters. The molecule has 0 unspecified atom stereocenters. The van der Waals surface area contributed by atoms with Crippen molar-refractivity contribution in [2.24, 2.45) is 0 Å². The third-order valence-electron chi connectivity index (χ3n) is 4.82. The van der Waals surface area contributed by atoms with Crippen LogP contribution in [0.4, 0.5) is 5.95 Å². The molecule has 7 nitrogen and oxygen atoms in total. The van der Waals surface area contributed by atoms with Crippen LogP contribution < -0.4 is 24.4 Å². The lowest BCUT2D eigenvalue weighted by Crippen LogP contribution is -2.25. The summed E-state index contributed by atoms with van der Waals surface area (Å²) in [6, 6.07) is 17.2. The lowest BCUT2D eigenvalue weighted by molar-refractivity contribution is 0.325. The van der Waals surface area contributed by atoms with Crippen molar-refractivity contribution >= 4 is 23.8 Å². The SMILES string of the molecule is COc1ccc(Oc2ccnc(N(C)CCOc3ccc(/C=C4\CSCN4)cc3)n2)cc1. The van der Waals surface area contributed by atoms with Crippen molar-refractivity contribution < 1.29 is 14.2 Å². The van der Waals surface area contributed by atoms with Gasteiger partial charge >= 0.3 is 0 Å². The largest absolute Gasteiger partial charge is 0.497 e. The van der Waals surface area contributed by atoms with E-state index in [0.717, 1.165) is 23.1 Å². The topological polar surface area (TPSA) is 68.7 Å². The minimum absolute atomic E-state index is 0.479. The minimum atomic E-state index is 0.479. The van der Waals surface area contributed by atoms with Crippen LogP contribution in [0, 0.1) is 0 Å². The molecule has 1 saturated heterocycles. The van der Waals surface area contributed by atoms with Gasteiger partial charge in [0.1, 0.15) is 23.9 Å². The molecule has 0 bridgehead atoms. The van der Waals surface area contributed by atoms with Crippen molar-refractivity contribution in [1.29, 1.82) is 0 Å². The molecule has 2 aromatic carbocycles. The van der Waals surface area contributed by atoms with Crippen LogP contribution in [0.3, 0.4) is 0 Å². The van der Waals surface area contributed by atoms with Gasteiger partial charge in [0.15, 0.2) is 0 Å². The predicted octanol–water partition coefficient (Wildman–Crippen LogP) is 4.43. The number of ether oxygens (including phenoxy) is 3. The predicted molar refractivity (Wildman–Crippen MR) is 129 cm³/mol. The van der Waals surface area contributed by atoms with Gasteiger partial charge in [-0.1, -0.05) is 12.1 Å². The standard InChI is InChI=1S/C24H26N4O3S/c1-28(13-14-30-21-5-3-18(4-6-21)15-19-16-32-17-26-19)24-25-12-11-23(27-24)31-22-9-7-20(29-2)8-10-22/h3-12,15,26H,13-14,16-17H2,1-2H3/b19-15+. The van der Waals surface area contributed by atoms with Gasteiger partial charge in [-0.15, -0.1) is 11.8 Å². The monoisotopic (exact) mass is 450 g/mol. The van der Waals surface area contributed by atoms with Crippen molar-refractivity contribution in [1.82, 2.24) is 15.3 Å². The number of methoxy groups -OCH3 is 1. The van der Waals surface area contributed by atoms with Crippen molar-refractivity contribution in [2.45, 2.75) is 0 Å². The maximum atomic E-state index is 5.89. The average Bonchev–Trinajstić information content (AvgIpc) is 3.34. The third-order valence-corrected chi connectivity index (χ3v) is 5.68. The van der Waals surface area contributed by atoms with Crippen LogP contribution in [0.15, 0.2) is 66.5 Å². The van der Waals surface area contributed by atoms with Crippen LogP contribution >= 0.6 is 11.8 Å². The molecule has 0 saturated carbocycles. The second-order valence-electron chi connectivity index (χ2n) is 7.15. The summed E-state index contributed by atoms with van der Waals surface area (Å²) in [5, 5.41) is 3.37. The van der Waals surface area contributed by atoms with Gasteiger partial charge in [-0.2, -0.15) is 4.98 Å². The summed E-state index contributed by atoms with van der Waals surface area (Å²) in [6.45, 7) is 1.15. The minimum Gasteiger partial charge on any atom is -0.497 e. The molecule has 1 aliphatic heterocycles. The van der Waals surface area contributed by atoms with Gasteiger partial charge in [-0.25, -0.2) is 4.98 Å². The summed E-state index contributed by atoms with van der Waals surface area (Å²) in [7, 11) is 3.56. The van der Waals surface area contributed by atoms with E-state index < -0.39 is 0 Å². The second kappa shape index (κ2) is 10.8. The number of thioether (sulfide) groups is 1. The average molecular weight is 451 g/mol. The summed E-state index contributed by atoms with van der Waals surface area (Å²) in [6.07, 6.45) is 3.86. The summed E-state index contributed by atoms with van der Waals surface area (Å²) >= 11 is 1.89. The Bertz CT molecular complexity index is 1030. The van der Waals surface area contributed by atoms with Crippen LogP contribution in [0.5, 0.6) is 23.1 Å². The third kappa shape index (κ3) is 6.07. The van der Waals surface area contributed by atoms with Gasteiger partial charge in [-0.05, 0) is 48.0 Å². The summed E-state index contributed by atoms with van der Waals surface area (Å²) in [5.41, 5.74) is 2.44. The highest BCUT2D eigenvalue weighted by atomic mass is 32.2. The van der Waals surface area contributed by atoms with E-state index in [-0.39, 0.29) is 0 Å². The van der Waals surface area contributed by atoms with E-state index >= 15 is 0 Å². The van der Waals surface area contributed by atoms with Crippen LogP contribution in [0.1, 0.15) is 5.56 Å². The molecule has 1 N–H and O–H groups in total. The Balaban J connectivity index is 1.27. The number of rotatable bonds is 9. The molecule has 0 aliphatic carbocycles. The first-order valence-electron chi connectivity index (χ1n) is 10.3. The van der Waals surface area contributed by atoms with Crippen LogP contribution in [0.25, 0.3) is 6.08 Å². The quantitative estimate of drug-likeness (QED) is 0.514. The second-order valence-corrected chi connectivity index (χ2v) is 8.14. The molecule has 32 heavy (non-hydrogen) atoms. The molecular formula is C24H26N4O3S. The highest BCUT2D eigenvalue weighted by Gasteiger charge is 2.08. The van der Waals surface area contributed by atoms with Crippen molar-refractivity contribution in [3.63, 3.8) is 0 Å². The van der Waals surface area contributed by atoms with E-state index in [9.17, 15) is 0 Å². The van der Waals surface area contributed by atoms with Gasteiger partial charge in [0.2, 0.25) is 11.8 Å². The van der Waals surface area contributed by atoms with E-state index in [1.54, 1.807) is 19.4 Å². The first-order valence-corrected chi connectivity index (χ1v) is 11.5. The van der Waals surface area contributed by atoms with Crippen molar-refractivity contribution in [2.75, 3.05) is 43.8 Å². The van der Waals surface area contributed by atoms with Gasteiger partial charge in [0.25, 0.3) is 0 Å². The molecule has 0 spiro atoms. The molecular weight excluding hydrogens is 424 g/mol. The van der Waals surface area contributed by atoms with Crippen LogP contribution in [-0.2, 0) is 0 Å². The van der Waals surface area contributed by atoms with Crippen LogP contribution in [0.2, 0.25) is 0 Å². The zero-order chi connectivity index (χ0) is 22.2. The number of likely N-dealkylation sites (N-methyl/N-ethyl adjacent to an activating group) is 1. The fourth-order valence-electron chi connectivity index (χ4n) is 3.05. The van der Waals surface area contributed by atoms with Gasteiger partial charge in [-0.3, -0.25) is 0 Å². The number of hydrogen-bond acceptors (Lipinski definition) is 8. The molecule has 3 aromatic rings. The Morgan fingerprint density at radius 1 is 1.03 bits per heavy atom. The highest BCUT2D eigenvalue weighted by molar-refractivity contribution is 7.99. The molecule has 0 radical (unpaired) electrons. The van der Waals surface area contributed by atoms with Crippen molar-refractivity contribution in [3.05, 3.63) is 72.1 Å². The lowest BCUT2D eigenvalue weighted by Gasteiger charge is -2.18. The molecule has 4 rings (SSSR count). The van der Waals surface area contributed by atoms with E-state index in [2.05, 4.69) is 33.5 Å². The Morgan fingerprint density at radius 3 is 2.50 bits per heavy atom. The van der Waals surface area contributed by atoms with Crippen LogP contribution in [-0.4, -0.2) is 48.9 Å². The number of nitrogens with zero attached hydrogens (tertiary/aromatic N) is 3. The maximum absolute atomic E-state index is 5.89. The van der Waals surface area contributed by atoms with E-state index in [4.69, 9.17) is 14.2 Å². The normalized spacial score (nSPS) is 14.1. The lowest BCUT2D eigenvalue weighted by atomic mass is 10.2. The van der Waals surface area contributed by atoms with E-state index in [1.165, 1.54) is 11.3 Å². The van der Waals surface area contributed by atoms with E-state index in [1.807, 2.05) is 60.1 Å². The molecule has 8 heteroatoms. The molecule has 1 aromatic heterocycles. The summed E-state index contributed by atoms with van der Waals surface area (Å²) in [4.78, 5) is 10.8. The Kier molecular flexibility index (Phi) is 7.34. The van der Waals surface area contributed by atoms with Crippen molar-refractivity contribution in [3.8, 4) is 23.1 Å². The smallest absolute Gasteiger partial charge is 0.228 e. The van der Waals surface area contributed by atoms with E-state index in [0.29, 0.717) is 30.7 Å². The molecule has 1 fully saturated rings. The Hall–Kier alpha value is -3.39. The summed E-state index contributed by atoms with van der Waals surface area (Å²) in [5.74, 6) is 5.38. The maximum Gasteiger partial charge on any atom is 0.228 e. The number of nitrogens with one attached hydrogen (secondary N) is 1.